The lowest BCUT2D eigenvalue weighted by atomic mass is 10.3. The van der Waals surface area contributed by atoms with Gasteiger partial charge in [-0.25, -0.2) is 4.98 Å². The van der Waals surface area contributed by atoms with E-state index in [4.69, 9.17) is 14.5 Å². The van der Waals surface area contributed by atoms with Crippen LogP contribution in [0.15, 0.2) is 30.5 Å². The lowest BCUT2D eigenvalue weighted by Crippen LogP contribution is -2.43. The number of ether oxygens (including phenoxy) is 2. The minimum atomic E-state index is -0.139. The zero-order chi connectivity index (χ0) is 19.5. The van der Waals surface area contributed by atoms with Crippen LogP contribution in [-0.4, -0.2) is 72.1 Å². The highest BCUT2D eigenvalue weighted by Gasteiger charge is 2.24. The first-order valence-electron chi connectivity index (χ1n) is 9.20. The first-order valence-corrected chi connectivity index (χ1v) is 10.0. The van der Waals surface area contributed by atoms with E-state index in [0.717, 1.165) is 48.8 Å². The molecular formula is C19H24ClN5O3S. The zero-order valence-electron chi connectivity index (χ0n) is 16.4. The van der Waals surface area contributed by atoms with Gasteiger partial charge in [-0.05, 0) is 18.2 Å². The number of thiazole rings is 1. The van der Waals surface area contributed by atoms with Gasteiger partial charge >= 0.3 is 0 Å². The predicted molar refractivity (Wildman–Crippen MR) is 116 cm³/mol. The second-order valence-electron chi connectivity index (χ2n) is 6.62. The summed E-state index contributed by atoms with van der Waals surface area (Å²) in [5.41, 5.74) is 1.24. The summed E-state index contributed by atoms with van der Waals surface area (Å²) < 4.78 is 13.4. The fourth-order valence-electron chi connectivity index (χ4n) is 3.16. The van der Waals surface area contributed by atoms with E-state index in [2.05, 4.69) is 10.00 Å². The Balaban J connectivity index is 0.00000240. The van der Waals surface area contributed by atoms with Crippen molar-refractivity contribution in [2.75, 3.05) is 51.4 Å². The molecule has 0 radical (unpaired) electrons. The molecule has 1 aromatic carbocycles. The van der Waals surface area contributed by atoms with E-state index in [1.807, 2.05) is 18.2 Å². The first kappa shape index (κ1) is 21.5. The normalized spacial score (nSPS) is 14.6. The van der Waals surface area contributed by atoms with Crippen LogP contribution in [0, 0.1) is 0 Å². The molecule has 29 heavy (non-hydrogen) atoms. The predicted octanol–water partition coefficient (Wildman–Crippen LogP) is 2.44. The van der Waals surface area contributed by atoms with Crippen LogP contribution < -0.4 is 9.64 Å². The van der Waals surface area contributed by atoms with Crippen molar-refractivity contribution in [3.63, 3.8) is 0 Å². The van der Waals surface area contributed by atoms with Crippen molar-refractivity contribution in [2.45, 2.75) is 0 Å². The Morgan fingerprint density at radius 2 is 2.10 bits per heavy atom. The molecular weight excluding hydrogens is 414 g/mol. The number of rotatable bonds is 6. The Morgan fingerprint density at radius 3 is 2.79 bits per heavy atom. The van der Waals surface area contributed by atoms with E-state index >= 15 is 0 Å². The number of aromatic nitrogens is 3. The molecule has 0 saturated carbocycles. The number of halogens is 1. The van der Waals surface area contributed by atoms with Crippen LogP contribution in [0.25, 0.3) is 10.2 Å². The minimum absolute atomic E-state index is 0. The Bertz CT molecular complexity index is 970. The van der Waals surface area contributed by atoms with Crippen LogP contribution in [0.4, 0.5) is 5.13 Å². The molecule has 3 heterocycles. The standard InChI is InChI=1S/C19H23N5O3S.ClH/c1-22-6-5-15(21-22)18(25)24(8-7-23-9-11-27-12-10-23)19-20-16-13-14(26-2)3-4-17(16)28-19;/h3-6,13H,7-12H2,1-2H3;1H. The average Bonchev–Trinajstić information content (AvgIpc) is 3.34. The number of carbonyl (C=O) groups is 1. The van der Waals surface area contributed by atoms with Crippen molar-refractivity contribution in [1.29, 1.82) is 0 Å². The van der Waals surface area contributed by atoms with Gasteiger partial charge in [0.1, 0.15) is 5.75 Å². The molecule has 1 fully saturated rings. The van der Waals surface area contributed by atoms with Crippen LogP contribution in [-0.2, 0) is 11.8 Å². The summed E-state index contributed by atoms with van der Waals surface area (Å²) in [7, 11) is 3.44. The Labute approximate surface area is 179 Å². The molecule has 1 aliphatic heterocycles. The third kappa shape index (κ3) is 4.87. The molecule has 0 atom stereocenters. The van der Waals surface area contributed by atoms with E-state index in [1.54, 1.807) is 36.0 Å². The highest BCUT2D eigenvalue weighted by molar-refractivity contribution is 7.22. The maximum atomic E-state index is 13.2. The topological polar surface area (TPSA) is 72.7 Å². The number of anilines is 1. The molecule has 156 valence electrons. The van der Waals surface area contributed by atoms with Gasteiger partial charge in [0.25, 0.3) is 5.91 Å². The summed E-state index contributed by atoms with van der Waals surface area (Å²) in [5, 5.41) is 4.96. The number of amides is 1. The second-order valence-corrected chi connectivity index (χ2v) is 7.62. The van der Waals surface area contributed by atoms with Gasteiger partial charge in [-0.2, -0.15) is 5.10 Å². The molecule has 1 aliphatic rings. The van der Waals surface area contributed by atoms with Gasteiger partial charge in [-0.15, -0.1) is 12.4 Å². The summed E-state index contributed by atoms with van der Waals surface area (Å²) in [6, 6.07) is 7.50. The molecule has 8 nitrogen and oxygen atoms in total. The highest BCUT2D eigenvalue weighted by atomic mass is 35.5. The Kier molecular flexibility index (Phi) is 7.07. The maximum Gasteiger partial charge on any atom is 0.280 e. The minimum Gasteiger partial charge on any atom is -0.497 e. The van der Waals surface area contributed by atoms with E-state index in [-0.39, 0.29) is 18.3 Å². The highest BCUT2D eigenvalue weighted by Crippen LogP contribution is 2.31. The van der Waals surface area contributed by atoms with Gasteiger partial charge < -0.3 is 9.47 Å². The summed E-state index contributed by atoms with van der Waals surface area (Å²) in [6.07, 6.45) is 1.77. The summed E-state index contributed by atoms with van der Waals surface area (Å²) in [5.74, 6) is 0.611. The smallest absolute Gasteiger partial charge is 0.280 e. The molecule has 4 rings (SSSR count). The second kappa shape index (κ2) is 9.53. The fraction of sp³-hybridized carbons (Fsp3) is 0.421. The number of hydrogen-bond donors (Lipinski definition) is 0. The van der Waals surface area contributed by atoms with Gasteiger partial charge in [-0.3, -0.25) is 19.3 Å². The molecule has 0 spiro atoms. The number of aryl methyl sites for hydroxylation is 1. The Hall–Kier alpha value is -2.20. The summed E-state index contributed by atoms with van der Waals surface area (Å²) >= 11 is 1.50. The van der Waals surface area contributed by atoms with Crippen LogP contribution in [0.1, 0.15) is 10.5 Å². The van der Waals surface area contributed by atoms with Gasteiger partial charge in [0.15, 0.2) is 10.8 Å². The van der Waals surface area contributed by atoms with Crippen LogP contribution in [0.3, 0.4) is 0 Å². The third-order valence-electron chi connectivity index (χ3n) is 4.74. The van der Waals surface area contributed by atoms with Gasteiger partial charge in [0, 0.05) is 45.5 Å². The molecule has 10 heteroatoms. The molecule has 0 aliphatic carbocycles. The third-order valence-corrected chi connectivity index (χ3v) is 5.80. The van der Waals surface area contributed by atoms with Crippen molar-refractivity contribution in [3.05, 3.63) is 36.2 Å². The fourth-order valence-corrected chi connectivity index (χ4v) is 4.13. The van der Waals surface area contributed by atoms with Crippen molar-refractivity contribution in [2.24, 2.45) is 7.05 Å². The van der Waals surface area contributed by atoms with E-state index in [0.29, 0.717) is 17.4 Å². The number of carbonyl (C=O) groups excluding carboxylic acids is 1. The number of benzene rings is 1. The number of fused-ring (bicyclic) bond motifs is 1. The number of nitrogens with zero attached hydrogens (tertiary/aromatic N) is 5. The zero-order valence-corrected chi connectivity index (χ0v) is 18.0. The number of morpholine rings is 1. The summed E-state index contributed by atoms with van der Waals surface area (Å²) in [6.45, 7) is 4.53. The van der Waals surface area contributed by atoms with Crippen molar-refractivity contribution < 1.29 is 14.3 Å². The van der Waals surface area contributed by atoms with Gasteiger partial charge in [-0.1, -0.05) is 11.3 Å². The lowest BCUT2D eigenvalue weighted by molar-refractivity contribution is 0.0391. The first-order chi connectivity index (χ1) is 13.6. The van der Waals surface area contributed by atoms with Crippen molar-refractivity contribution in [1.82, 2.24) is 19.7 Å². The molecule has 0 unspecified atom stereocenters. The molecule has 0 bridgehead atoms. The largest absolute Gasteiger partial charge is 0.497 e. The molecule has 1 saturated heterocycles. The summed E-state index contributed by atoms with van der Waals surface area (Å²) in [4.78, 5) is 21.9. The van der Waals surface area contributed by atoms with Crippen LogP contribution in [0.5, 0.6) is 5.75 Å². The SMILES string of the molecule is COc1ccc2sc(N(CCN3CCOCC3)C(=O)c3ccn(C)n3)nc2c1.Cl. The average molecular weight is 438 g/mol. The van der Waals surface area contributed by atoms with E-state index in [9.17, 15) is 4.79 Å². The van der Waals surface area contributed by atoms with Gasteiger partial charge in [0.2, 0.25) is 0 Å². The van der Waals surface area contributed by atoms with Crippen LogP contribution in [0.2, 0.25) is 0 Å². The van der Waals surface area contributed by atoms with E-state index < -0.39 is 0 Å². The lowest BCUT2D eigenvalue weighted by Gasteiger charge is -2.29. The quantitative estimate of drug-likeness (QED) is 0.589. The number of hydrogen-bond acceptors (Lipinski definition) is 7. The molecule has 2 aromatic heterocycles. The van der Waals surface area contributed by atoms with Crippen LogP contribution >= 0.6 is 23.7 Å². The Morgan fingerprint density at radius 1 is 1.31 bits per heavy atom. The van der Waals surface area contributed by atoms with Gasteiger partial charge in [0.05, 0.1) is 30.5 Å². The number of methoxy groups -OCH3 is 1. The monoisotopic (exact) mass is 437 g/mol. The molecule has 0 N–H and O–H groups in total. The molecule has 1 amide bonds. The maximum absolute atomic E-state index is 13.2. The molecule has 3 aromatic rings. The van der Waals surface area contributed by atoms with Crippen molar-refractivity contribution >= 4 is 45.0 Å². The van der Waals surface area contributed by atoms with Crippen molar-refractivity contribution in [3.8, 4) is 5.75 Å². The van der Waals surface area contributed by atoms with E-state index in [1.165, 1.54) is 11.3 Å².